The van der Waals surface area contributed by atoms with E-state index in [0.29, 0.717) is 5.56 Å². The molecule has 2 N–H and O–H groups in total. The molecule has 0 aliphatic heterocycles. The van der Waals surface area contributed by atoms with Crippen molar-refractivity contribution in [1.29, 1.82) is 0 Å². The van der Waals surface area contributed by atoms with Crippen LogP contribution in [0.4, 0.5) is 0 Å². The minimum atomic E-state index is -1.02. The smallest absolute Gasteiger partial charge is 0.326 e. The summed E-state index contributed by atoms with van der Waals surface area (Å²) in [6.45, 7) is 3.52. The average molecular weight is 350 g/mol. The van der Waals surface area contributed by atoms with Gasteiger partial charge in [0.15, 0.2) is 0 Å². The Morgan fingerprint density at radius 1 is 1.10 bits per heavy atom. The molecule has 0 aromatic heterocycles. The van der Waals surface area contributed by atoms with E-state index in [4.69, 9.17) is 5.11 Å². The second-order valence-corrected chi connectivity index (χ2v) is 6.16. The van der Waals surface area contributed by atoms with E-state index in [-0.39, 0.29) is 11.8 Å². The van der Waals surface area contributed by atoms with E-state index in [9.17, 15) is 9.59 Å². The Morgan fingerprint density at radius 3 is 2.33 bits per heavy atom. The van der Waals surface area contributed by atoms with Crippen molar-refractivity contribution in [2.24, 2.45) is 5.92 Å². The number of rotatable bonds is 4. The highest BCUT2D eigenvalue weighted by Gasteiger charge is 2.23. The zero-order chi connectivity index (χ0) is 15.6. The maximum atomic E-state index is 12.2. The van der Waals surface area contributed by atoms with Crippen LogP contribution < -0.4 is 5.32 Å². The summed E-state index contributed by atoms with van der Waals surface area (Å²) in [5, 5.41) is 13.6. The monoisotopic (exact) mass is 349 g/mol. The van der Waals surface area contributed by atoms with E-state index in [1.807, 2.05) is 24.3 Å². The number of nitrogens with one attached hydrogen (secondary N) is 1. The molecule has 0 aliphatic rings. The predicted molar refractivity (Wildman–Crippen MR) is 85.4 cm³/mol. The van der Waals surface area contributed by atoms with Crippen LogP contribution in [-0.4, -0.2) is 23.0 Å². The molecule has 110 valence electrons. The molecule has 0 saturated heterocycles. The van der Waals surface area contributed by atoms with Crippen molar-refractivity contribution in [3.63, 3.8) is 0 Å². The molecule has 4 nitrogen and oxygen atoms in total. The Morgan fingerprint density at radius 2 is 1.71 bits per heavy atom. The number of carboxylic acids is 1. The summed E-state index contributed by atoms with van der Waals surface area (Å²) in [6, 6.07) is 10.2. The van der Waals surface area contributed by atoms with Gasteiger partial charge in [0.05, 0.1) is 0 Å². The first kappa shape index (κ1) is 15.5. The van der Waals surface area contributed by atoms with Gasteiger partial charge in [0, 0.05) is 10.0 Å². The van der Waals surface area contributed by atoms with Crippen LogP contribution in [0.2, 0.25) is 0 Å². The molecule has 0 saturated carbocycles. The number of carbonyl (C=O) groups is 2. The summed E-state index contributed by atoms with van der Waals surface area (Å²) in [7, 11) is 0. The molecular weight excluding hydrogens is 334 g/mol. The molecule has 0 heterocycles. The first-order valence-corrected chi connectivity index (χ1v) is 7.41. The van der Waals surface area contributed by atoms with Crippen LogP contribution in [0.3, 0.4) is 0 Å². The highest BCUT2D eigenvalue weighted by atomic mass is 79.9. The lowest BCUT2D eigenvalue weighted by molar-refractivity contribution is -0.140. The number of carbonyl (C=O) groups excluding carboxylic acids is 1. The van der Waals surface area contributed by atoms with Gasteiger partial charge in [0.25, 0.3) is 5.91 Å². The summed E-state index contributed by atoms with van der Waals surface area (Å²) in [6.07, 6.45) is 0. The number of amides is 1. The fourth-order valence-corrected chi connectivity index (χ4v) is 2.47. The van der Waals surface area contributed by atoms with E-state index in [1.165, 1.54) is 0 Å². The molecule has 0 aliphatic carbocycles. The second kappa shape index (κ2) is 6.26. The number of hydrogen-bond acceptors (Lipinski definition) is 2. The van der Waals surface area contributed by atoms with Gasteiger partial charge in [-0.25, -0.2) is 4.79 Å². The lowest BCUT2D eigenvalue weighted by Gasteiger charge is -2.18. The molecule has 1 atom stereocenters. The van der Waals surface area contributed by atoms with Gasteiger partial charge < -0.3 is 10.4 Å². The van der Waals surface area contributed by atoms with Crippen LogP contribution in [0, 0.1) is 5.92 Å². The van der Waals surface area contributed by atoms with Crippen molar-refractivity contribution in [2.45, 2.75) is 19.9 Å². The Bertz CT molecular complexity index is 697. The van der Waals surface area contributed by atoms with E-state index in [0.717, 1.165) is 15.2 Å². The highest BCUT2D eigenvalue weighted by molar-refractivity contribution is 9.10. The Kier molecular flexibility index (Phi) is 4.63. The first-order chi connectivity index (χ1) is 9.88. The second-order valence-electron chi connectivity index (χ2n) is 5.24. The molecule has 0 radical (unpaired) electrons. The molecule has 2 aromatic carbocycles. The topological polar surface area (TPSA) is 66.4 Å². The summed E-state index contributed by atoms with van der Waals surface area (Å²) >= 11 is 3.40. The summed E-state index contributed by atoms with van der Waals surface area (Å²) < 4.78 is 0.970. The number of carboxylic acid groups (broad SMARTS) is 1. The fraction of sp³-hybridized carbons (Fsp3) is 0.250. The zero-order valence-electron chi connectivity index (χ0n) is 11.8. The van der Waals surface area contributed by atoms with Crippen molar-refractivity contribution < 1.29 is 14.7 Å². The van der Waals surface area contributed by atoms with Crippen LogP contribution in [0.25, 0.3) is 10.8 Å². The summed E-state index contributed by atoms with van der Waals surface area (Å²) in [5.74, 6) is -1.58. The quantitative estimate of drug-likeness (QED) is 0.888. The van der Waals surface area contributed by atoms with Gasteiger partial charge in [-0.05, 0) is 41.0 Å². The van der Waals surface area contributed by atoms with Crippen molar-refractivity contribution in [2.75, 3.05) is 0 Å². The maximum Gasteiger partial charge on any atom is 0.326 e. The van der Waals surface area contributed by atoms with Crippen LogP contribution >= 0.6 is 15.9 Å². The van der Waals surface area contributed by atoms with Gasteiger partial charge >= 0.3 is 5.97 Å². The van der Waals surface area contributed by atoms with Gasteiger partial charge in [-0.1, -0.05) is 41.9 Å². The SMILES string of the molecule is CC(C)[C@@H](NC(=O)c1ccc2cc(Br)ccc2c1)C(=O)O. The normalized spacial score (nSPS) is 12.4. The fourth-order valence-electron chi connectivity index (χ4n) is 2.10. The van der Waals surface area contributed by atoms with E-state index < -0.39 is 12.0 Å². The number of halogens is 1. The molecule has 0 spiro atoms. The van der Waals surface area contributed by atoms with Gasteiger partial charge in [-0.15, -0.1) is 0 Å². The summed E-state index contributed by atoms with van der Waals surface area (Å²) in [4.78, 5) is 23.3. The largest absolute Gasteiger partial charge is 0.480 e. The number of aliphatic carboxylic acids is 1. The third-order valence-corrected chi connectivity index (χ3v) is 3.78. The average Bonchev–Trinajstić information content (AvgIpc) is 2.43. The number of benzene rings is 2. The lowest BCUT2D eigenvalue weighted by Crippen LogP contribution is -2.44. The number of fused-ring (bicyclic) bond motifs is 1. The molecule has 0 unspecified atom stereocenters. The lowest BCUT2D eigenvalue weighted by atomic mass is 10.0. The molecule has 1 amide bonds. The Labute approximate surface area is 131 Å². The first-order valence-electron chi connectivity index (χ1n) is 6.61. The van der Waals surface area contributed by atoms with Crippen LogP contribution in [-0.2, 0) is 4.79 Å². The molecule has 2 rings (SSSR count). The molecular formula is C16H16BrNO3. The minimum Gasteiger partial charge on any atom is -0.480 e. The van der Waals surface area contributed by atoms with Crippen LogP contribution in [0.15, 0.2) is 40.9 Å². The van der Waals surface area contributed by atoms with E-state index in [1.54, 1.807) is 26.0 Å². The van der Waals surface area contributed by atoms with Gasteiger partial charge in [-0.2, -0.15) is 0 Å². The highest BCUT2D eigenvalue weighted by Crippen LogP contribution is 2.21. The molecule has 0 bridgehead atoms. The molecule has 5 heteroatoms. The summed E-state index contributed by atoms with van der Waals surface area (Å²) in [5.41, 5.74) is 0.455. The Balaban J connectivity index is 2.27. The van der Waals surface area contributed by atoms with E-state index in [2.05, 4.69) is 21.2 Å². The van der Waals surface area contributed by atoms with Gasteiger partial charge in [0.1, 0.15) is 6.04 Å². The Hall–Kier alpha value is -1.88. The molecule has 0 fully saturated rings. The van der Waals surface area contributed by atoms with Crippen molar-refractivity contribution in [3.8, 4) is 0 Å². The number of hydrogen-bond donors (Lipinski definition) is 2. The third-order valence-electron chi connectivity index (χ3n) is 3.28. The third kappa shape index (κ3) is 3.61. The van der Waals surface area contributed by atoms with Crippen molar-refractivity contribution >= 4 is 38.6 Å². The van der Waals surface area contributed by atoms with Crippen LogP contribution in [0.5, 0.6) is 0 Å². The van der Waals surface area contributed by atoms with Crippen molar-refractivity contribution in [1.82, 2.24) is 5.32 Å². The van der Waals surface area contributed by atoms with Crippen LogP contribution in [0.1, 0.15) is 24.2 Å². The van der Waals surface area contributed by atoms with Gasteiger partial charge in [-0.3, -0.25) is 4.79 Å². The molecule has 21 heavy (non-hydrogen) atoms. The van der Waals surface area contributed by atoms with Gasteiger partial charge in [0.2, 0.25) is 0 Å². The molecule has 2 aromatic rings. The standard InChI is InChI=1S/C16H16BrNO3/c1-9(2)14(16(20)21)18-15(19)12-4-3-11-8-13(17)6-5-10(11)7-12/h3-9,14H,1-2H3,(H,18,19)(H,20,21)/t14-/m1/s1. The minimum absolute atomic E-state index is 0.178. The van der Waals surface area contributed by atoms with Crippen molar-refractivity contribution in [3.05, 3.63) is 46.4 Å². The zero-order valence-corrected chi connectivity index (χ0v) is 13.3. The van der Waals surface area contributed by atoms with E-state index >= 15 is 0 Å². The predicted octanol–water partition coefficient (Wildman–Crippen LogP) is 3.44. The maximum absolute atomic E-state index is 12.2.